The second-order valence-electron chi connectivity index (χ2n) is 4.91. The van der Waals surface area contributed by atoms with Crippen molar-refractivity contribution in [3.8, 4) is 0 Å². The third kappa shape index (κ3) is 2.82. The minimum Gasteiger partial charge on any atom is -0.268 e. The molecule has 0 radical (unpaired) electrons. The SMILES string of the molecule is CC(C)c1ccc(S(=O)(=O)N(C)c2cccnc2)cc1. The van der Waals surface area contributed by atoms with Crippen molar-refractivity contribution in [1.29, 1.82) is 0 Å². The molecule has 0 saturated carbocycles. The molecule has 0 N–H and O–H groups in total. The van der Waals surface area contributed by atoms with E-state index in [1.54, 1.807) is 30.5 Å². The zero-order valence-electron chi connectivity index (χ0n) is 11.8. The van der Waals surface area contributed by atoms with Crippen LogP contribution < -0.4 is 4.31 Å². The first-order valence-electron chi connectivity index (χ1n) is 6.42. The van der Waals surface area contributed by atoms with E-state index in [2.05, 4.69) is 18.8 Å². The van der Waals surface area contributed by atoms with Gasteiger partial charge in [-0.25, -0.2) is 8.42 Å². The van der Waals surface area contributed by atoms with E-state index in [-0.39, 0.29) is 4.90 Å². The number of benzene rings is 1. The molecule has 0 unspecified atom stereocenters. The monoisotopic (exact) mass is 290 g/mol. The normalized spacial score (nSPS) is 11.6. The smallest absolute Gasteiger partial charge is 0.264 e. The zero-order chi connectivity index (χ0) is 14.8. The number of sulfonamides is 1. The molecule has 20 heavy (non-hydrogen) atoms. The lowest BCUT2D eigenvalue weighted by Gasteiger charge is -2.19. The van der Waals surface area contributed by atoms with E-state index >= 15 is 0 Å². The largest absolute Gasteiger partial charge is 0.268 e. The predicted molar refractivity (Wildman–Crippen MR) is 80.4 cm³/mol. The Balaban J connectivity index is 2.35. The van der Waals surface area contributed by atoms with Crippen molar-refractivity contribution in [3.05, 3.63) is 54.4 Å². The average molecular weight is 290 g/mol. The number of hydrogen-bond donors (Lipinski definition) is 0. The Labute approximate surface area is 120 Å². The first-order valence-corrected chi connectivity index (χ1v) is 7.86. The van der Waals surface area contributed by atoms with Crippen LogP contribution in [0.2, 0.25) is 0 Å². The Bertz CT molecular complexity index is 665. The fraction of sp³-hybridized carbons (Fsp3) is 0.267. The summed E-state index contributed by atoms with van der Waals surface area (Å²) in [5.41, 5.74) is 1.66. The highest BCUT2D eigenvalue weighted by molar-refractivity contribution is 7.92. The third-order valence-electron chi connectivity index (χ3n) is 3.21. The number of anilines is 1. The van der Waals surface area contributed by atoms with Crippen molar-refractivity contribution >= 4 is 15.7 Å². The molecule has 0 amide bonds. The van der Waals surface area contributed by atoms with Gasteiger partial charge in [0.15, 0.2) is 0 Å². The van der Waals surface area contributed by atoms with Gasteiger partial charge in [-0.3, -0.25) is 9.29 Å². The number of nitrogens with zero attached hydrogens (tertiary/aromatic N) is 2. The zero-order valence-corrected chi connectivity index (χ0v) is 12.6. The van der Waals surface area contributed by atoms with Gasteiger partial charge in [-0.2, -0.15) is 0 Å². The fourth-order valence-electron chi connectivity index (χ4n) is 1.86. The summed E-state index contributed by atoms with van der Waals surface area (Å²) in [6.07, 6.45) is 3.14. The maximum Gasteiger partial charge on any atom is 0.264 e. The second kappa shape index (κ2) is 5.63. The molecule has 4 nitrogen and oxygen atoms in total. The second-order valence-corrected chi connectivity index (χ2v) is 6.88. The summed E-state index contributed by atoms with van der Waals surface area (Å²) >= 11 is 0. The van der Waals surface area contributed by atoms with Gasteiger partial charge >= 0.3 is 0 Å². The Morgan fingerprint density at radius 1 is 1.10 bits per heavy atom. The minimum atomic E-state index is -3.54. The van der Waals surface area contributed by atoms with Crippen molar-refractivity contribution < 1.29 is 8.42 Å². The molecular weight excluding hydrogens is 272 g/mol. The van der Waals surface area contributed by atoms with Crippen molar-refractivity contribution in [1.82, 2.24) is 4.98 Å². The molecule has 0 saturated heterocycles. The van der Waals surface area contributed by atoms with Crippen molar-refractivity contribution in [2.75, 3.05) is 11.4 Å². The van der Waals surface area contributed by atoms with E-state index in [4.69, 9.17) is 0 Å². The van der Waals surface area contributed by atoms with E-state index < -0.39 is 10.0 Å². The highest BCUT2D eigenvalue weighted by atomic mass is 32.2. The van der Waals surface area contributed by atoms with Crippen LogP contribution in [0.3, 0.4) is 0 Å². The van der Waals surface area contributed by atoms with Gasteiger partial charge in [0.2, 0.25) is 0 Å². The minimum absolute atomic E-state index is 0.285. The van der Waals surface area contributed by atoms with Gasteiger partial charge < -0.3 is 0 Å². The van der Waals surface area contributed by atoms with Crippen LogP contribution in [0.5, 0.6) is 0 Å². The molecule has 0 bridgehead atoms. The summed E-state index contributed by atoms with van der Waals surface area (Å²) in [6.45, 7) is 4.15. The lowest BCUT2D eigenvalue weighted by atomic mass is 10.0. The first kappa shape index (κ1) is 14.5. The summed E-state index contributed by atoms with van der Waals surface area (Å²) in [7, 11) is -2.01. The van der Waals surface area contributed by atoms with Crippen molar-refractivity contribution in [2.24, 2.45) is 0 Å². The highest BCUT2D eigenvalue weighted by Crippen LogP contribution is 2.23. The maximum atomic E-state index is 12.5. The molecule has 0 fully saturated rings. The van der Waals surface area contributed by atoms with Crippen LogP contribution >= 0.6 is 0 Å². The first-order chi connectivity index (χ1) is 9.43. The van der Waals surface area contributed by atoms with Crippen LogP contribution in [0.25, 0.3) is 0 Å². The summed E-state index contributed by atoms with van der Waals surface area (Å²) in [6, 6.07) is 10.4. The fourth-order valence-corrected chi connectivity index (χ4v) is 3.04. The summed E-state index contributed by atoms with van der Waals surface area (Å²) in [4.78, 5) is 4.23. The van der Waals surface area contributed by atoms with Crippen LogP contribution in [-0.4, -0.2) is 20.4 Å². The van der Waals surface area contributed by atoms with Gasteiger partial charge in [0.25, 0.3) is 10.0 Å². The van der Waals surface area contributed by atoms with Crippen LogP contribution in [0.4, 0.5) is 5.69 Å². The molecule has 106 valence electrons. The van der Waals surface area contributed by atoms with Crippen LogP contribution in [0, 0.1) is 0 Å². The highest BCUT2D eigenvalue weighted by Gasteiger charge is 2.21. The molecule has 2 aromatic rings. The third-order valence-corrected chi connectivity index (χ3v) is 5.01. The van der Waals surface area contributed by atoms with E-state index in [0.29, 0.717) is 11.6 Å². The van der Waals surface area contributed by atoms with E-state index in [0.717, 1.165) is 5.56 Å². The molecule has 1 heterocycles. The number of hydrogen-bond acceptors (Lipinski definition) is 3. The number of pyridine rings is 1. The summed E-state index contributed by atoms with van der Waals surface area (Å²) < 4.78 is 26.3. The van der Waals surface area contributed by atoms with Crippen molar-refractivity contribution in [3.63, 3.8) is 0 Å². The van der Waals surface area contributed by atoms with Crippen LogP contribution in [-0.2, 0) is 10.0 Å². The lowest BCUT2D eigenvalue weighted by Crippen LogP contribution is -2.26. The lowest BCUT2D eigenvalue weighted by molar-refractivity contribution is 0.594. The van der Waals surface area contributed by atoms with Crippen LogP contribution in [0.15, 0.2) is 53.7 Å². The quantitative estimate of drug-likeness (QED) is 0.869. The molecule has 5 heteroatoms. The standard InChI is InChI=1S/C15H18N2O2S/c1-12(2)13-6-8-15(9-7-13)20(18,19)17(3)14-5-4-10-16-11-14/h4-12H,1-3H3. The Kier molecular flexibility index (Phi) is 4.09. The average Bonchev–Trinajstić information content (AvgIpc) is 2.47. The van der Waals surface area contributed by atoms with Gasteiger partial charge in [-0.05, 0) is 35.7 Å². The predicted octanol–water partition coefficient (Wildman–Crippen LogP) is 3.03. The Morgan fingerprint density at radius 3 is 2.25 bits per heavy atom. The molecule has 0 aliphatic rings. The molecule has 0 spiro atoms. The van der Waals surface area contributed by atoms with E-state index in [1.807, 2.05) is 12.1 Å². The molecule has 1 aromatic heterocycles. The maximum absolute atomic E-state index is 12.5. The topological polar surface area (TPSA) is 50.3 Å². The number of aromatic nitrogens is 1. The van der Waals surface area contributed by atoms with Gasteiger partial charge in [0.1, 0.15) is 0 Å². The Hall–Kier alpha value is -1.88. The Morgan fingerprint density at radius 2 is 1.75 bits per heavy atom. The molecule has 0 atom stereocenters. The van der Waals surface area contributed by atoms with Crippen LogP contribution in [0.1, 0.15) is 25.3 Å². The molecule has 2 rings (SSSR count). The number of rotatable bonds is 4. The summed E-state index contributed by atoms with van der Waals surface area (Å²) in [5.74, 6) is 0.378. The molecular formula is C15H18N2O2S. The van der Waals surface area contributed by atoms with Crippen molar-refractivity contribution in [2.45, 2.75) is 24.7 Å². The van der Waals surface area contributed by atoms with Gasteiger partial charge in [-0.15, -0.1) is 0 Å². The van der Waals surface area contributed by atoms with Gasteiger partial charge in [-0.1, -0.05) is 26.0 Å². The molecule has 0 aliphatic heterocycles. The summed E-state index contributed by atoms with van der Waals surface area (Å²) in [5, 5.41) is 0. The molecule has 0 aliphatic carbocycles. The van der Waals surface area contributed by atoms with E-state index in [1.165, 1.54) is 17.5 Å². The van der Waals surface area contributed by atoms with E-state index in [9.17, 15) is 8.42 Å². The van der Waals surface area contributed by atoms with Gasteiger partial charge in [0, 0.05) is 13.2 Å². The van der Waals surface area contributed by atoms with Gasteiger partial charge in [0.05, 0.1) is 16.8 Å². The molecule has 1 aromatic carbocycles.